The Kier molecular flexibility index (Phi) is 12.6. The van der Waals surface area contributed by atoms with Crippen molar-refractivity contribution in [1.82, 2.24) is 0 Å². The largest absolute Gasteiger partial charge is 0.504 e. The zero-order valence-electron chi connectivity index (χ0n) is 25.2. The lowest BCUT2D eigenvalue weighted by Gasteiger charge is -2.38. The number of hydrogen-bond donors (Lipinski definition) is 8. The smallest absolute Gasteiger partial charge is 0.186 e. The summed E-state index contributed by atoms with van der Waals surface area (Å²) >= 11 is 0. The van der Waals surface area contributed by atoms with Crippen molar-refractivity contribution in [3.05, 3.63) is 47.5 Å². The van der Waals surface area contributed by atoms with Gasteiger partial charge in [-0.15, -0.1) is 0 Å². The number of benzene rings is 2. The van der Waals surface area contributed by atoms with E-state index in [0.29, 0.717) is 12.8 Å². The van der Waals surface area contributed by atoms with Crippen molar-refractivity contribution in [3.63, 3.8) is 0 Å². The number of ether oxygens (including phenoxy) is 6. The third-order valence-electron chi connectivity index (χ3n) is 8.27. The van der Waals surface area contributed by atoms with Crippen LogP contribution in [-0.2, 0) is 31.8 Å². The third-order valence-corrected chi connectivity index (χ3v) is 8.27. The maximum Gasteiger partial charge on any atom is 0.186 e. The first-order valence-corrected chi connectivity index (χ1v) is 14.8. The van der Waals surface area contributed by atoms with E-state index in [-0.39, 0.29) is 49.2 Å². The van der Waals surface area contributed by atoms with E-state index in [0.717, 1.165) is 11.1 Å². The molecular formula is C31H44O14. The molecule has 0 aliphatic carbocycles. The molecule has 2 aromatic carbocycles. The minimum absolute atomic E-state index is 0.00216. The minimum atomic E-state index is -1.51. The van der Waals surface area contributed by atoms with E-state index in [9.17, 15) is 40.9 Å². The molecule has 0 radical (unpaired) electrons. The lowest BCUT2D eigenvalue weighted by Crippen LogP contribution is -2.54. The molecule has 45 heavy (non-hydrogen) atoms. The second kappa shape index (κ2) is 16.2. The van der Waals surface area contributed by atoms with Gasteiger partial charge in [-0.25, -0.2) is 0 Å². The number of rotatable bonds is 14. The molecular weight excluding hydrogens is 596 g/mol. The van der Waals surface area contributed by atoms with Crippen molar-refractivity contribution in [2.45, 2.75) is 68.5 Å². The van der Waals surface area contributed by atoms with Crippen LogP contribution in [0.3, 0.4) is 0 Å². The van der Waals surface area contributed by atoms with Gasteiger partial charge < -0.3 is 69.3 Å². The van der Waals surface area contributed by atoms with Crippen LogP contribution < -0.4 is 9.47 Å². The second-order valence-corrected chi connectivity index (χ2v) is 11.5. The summed E-state index contributed by atoms with van der Waals surface area (Å²) in [7, 11) is 2.87. The van der Waals surface area contributed by atoms with E-state index in [4.69, 9.17) is 28.4 Å². The summed E-state index contributed by atoms with van der Waals surface area (Å²) in [5.74, 6) is -0.356. The van der Waals surface area contributed by atoms with Crippen molar-refractivity contribution in [3.8, 4) is 23.0 Å². The Balaban J connectivity index is 1.63. The molecule has 252 valence electrons. The van der Waals surface area contributed by atoms with Gasteiger partial charge >= 0.3 is 0 Å². The Bertz CT molecular complexity index is 1210. The quantitative estimate of drug-likeness (QED) is 0.130. The molecule has 8 N–H and O–H groups in total. The number of aliphatic hydroxyl groups is 6. The minimum Gasteiger partial charge on any atom is -0.504 e. The van der Waals surface area contributed by atoms with Crippen LogP contribution in [-0.4, -0.2) is 131 Å². The molecule has 14 nitrogen and oxygen atoms in total. The second-order valence-electron chi connectivity index (χ2n) is 11.5. The number of hydrogen-bond acceptors (Lipinski definition) is 14. The highest BCUT2D eigenvalue weighted by atomic mass is 16.7. The summed E-state index contributed by atoms with van der Waals surface area (Å²) in [4.78, 5) is 0. The molecule has 0 aromatic heterocycles. The first-order valence-electron chi connectivity index (χ1n) is 14.8. The normalized spacial score (nSPS) is 30.0. The Morgan fingerprint density at radius 3 is 1.78 bits per heavy atom. The standard InChI is InChI=1S/C31H44O14/c1-40-25-9-16(3-5-20(25)33)7-18(13-42-30-23(36)11-22(35)27(12-32)45-30)19(8-17-4-6-21(34)26(10-17)41-2)14-43-31-29(39)28(38)24(37)15-44-31/h3-6,9-10,18-19,22-24,27-39H,7-8,11-15H2,1-2H3/t18-,19?,22?,23?,24?,27-,28+,29?,30-,31-/m1/s1. The van der Waals surface area contributed by atoms with E-state index in [1.54, 1.807) is 24.3 Å². The monoisotopic (exact) mass is 640 g/mol. The third kappa shape index (κ3) is 8.95. The Morgan fingerprint density at radius 1 is 0.733 bits per heavy atom. The molecule has 4 rings (SSSR count). The van der Waals surface area contributed by atoms with E-state index in [1.807, 2.05) is 0 Å². The molecule has 2 aliphatic rings. The average Bonchev–Trinajstić information content (AvgIpc) is 3.03. The molecule has 2 fully saturated rings. The highest BCUT2D eigenvalue weighted by Gasteiger charge is 2.40. The zero-order chi connectivity index (χ0) is 32.7. The molecule has 0 saturated carbocycles. The Hall–Kier alpha value is -2.76. The van der Waals surface area contributed by atoms with Crippen molar-refractivity contribution in [2.24, 2.45) is 11.8 Å². The van der Waals surface area contributed by atoms with Gasteiger partial charge in [0.05, 0.1) is 46.8 Å². The zero-order valence-corrected chi connectivity index (χ0v) is 25.2. The predicted molar refractivity (Wildman–Crippen MR) is 156 cm³/mol. The van der Waals surface area contributed by atoms with Gasteiger partial charge in [-0.1, -0.05) is 12.1 Å². The van der Waals surface area contributed by atoms with Gasteiger partial charge in [0.2, 0.25) is 0 Å². The summed E-state index contributed by atoms with van der Waals surface area (Å²) in [6.45, 7) is -0.730. The van der Waals surface area contributed by atoms with Crippen LogP contribution >= 0.6 is 0 Å². The van der Waals surface area contributed by atoms with Gasteiger partial charge in [0.15, 0.2) is 35.6 Å². The van der Waals surface area contributed by atoms with Gasteiger partial charge in [0.25, 0.3) is 0 Å². The predicted octanol–water partition coefficient (Wildman–Crippen LogP) is -0.566. The number of methoxy groups -OCH3 is 2. The van der Waals surface area contributed by atoms with Crippen molar-refractivity contribution in [1.29, 1.82) is 0 Å². The molecule has 2 heterocycles. The first-order chi connectivity index (χ1) is 21.5. The molecule has 0 spiro atoms. The average molecular weight is 641 g/mol. The van der Waals surface area contributed by atoms with Crippen LogP contribution in [0, 0.1) is 11.8 Å². The van der Waals surface area contributed by atoms with Gasteiger partial charge in [-0.05, 0) is 60.1 Å². The van der Waals surface area contributed by atoms with E-state index in [2.05, 4.69) is 0 Å². The van der Waals surface area contributed by atoms with Crippen LogP contribution in [0.4, 0.5) is 0 Å². The summed E-state index contributed by atoms with van der Waals surface area (Å²) < 4.78 is 33.7. The Labute approximate surface area is 260 Å². The molecule has 0 amide bonds. The highest BCUT2D eigenvalue weighted by Crippen LogP contribution is 2.33. The van der Waals surface area contributed by atoms with Crippen LogP contribution in [0.5, 0.6) is 23.0 Å². The van der Waals surface area contributed by atoms with Crippen LogP contribution in [0.15, 0.2) is 36.4 Å². The number of phenolic OH excluding ortho intramolecular Hbond substituents is 2. The lowest BCUT2D eigenvalue weighted by molar-refractivity contribution is -0.280. The topological polar surface area (TPSA) is 217 Å². The summed E-state index contributed by atoms with van der Waals surface area (Å²) in [6, 6.07) is 9.81. The van der Waals surface area contributed by atoms with Crippen molar-refractivity contribution >= 4 is 0 Å². The van der Waals surface area contributed by atoms with Gasteiger partial charge in [-0.3, -0.25) is 0 Å². The maximum absolute atomic E-state index is 10.6. The maximum atomic E-state index is 10.6. The van der Waals surface area contributed by atoms with Crippen LogP contribution in [0.2, 0.25) is 0 Å². The van der Waals surface area contributed by atoms with Crippen LogP contribution in [0.1, 0.15) is 17.5 Å². The molecule has 0 bridgehead atoms. The summed E-state index contributed by atoms with van der Waals surface area (Å²) in [5, 5.41) is 81.1. The van der Waals surface area contributed by atoms with E-state index >= 15 is 0 Å². The molecule has 2 saturated heterocycles. The number of aliphatic hydroxyl groups excluding tert-OH is 6. The van der Waals surface area contributed by atoms with Crippen molar-refractivity contribution < 1.29 is 69.3 Å². The van der Waals surface area contributed by atoms with Gasteiger partial charge in [-0.2, -0.15) is 0 Å². The SMILES string of the molecule is COc1cc(CC(CO[C@@H]2OCC(O)[C@H](O)C2O)[C@@H](CO[C@@H]2O[C@H](CO)C(O)CC2O)Cc2ccc(O)c(OC)c2)ccc1O. The summed E-state index contributed by atoms with van der Waals surface area (Å²) in [5.41, 5.74) is 1.54. The van der Waals surface area contributed by atoms with E-state index < -0.39 is 67.6 Å². The fraction of sp³-hybridized carbons (Fsp3) is 0.613. The van der Waals surface area contributed by atoms with Crippen molar-refractivity contribution in [2.75, 3.05) is 40.6 Å². The van der Waals surface area contributed by atoms with Crippen LogP contribution in [0.25, 0.3) is 0 Å². The van der Waals surface area contributed by atoms with E-state index in [1.165, 1.54) is 26.4 Å². The molecule has 2 aromatic rings. The Morgan fingerprint density at radius 2 is 1.27 bits per heavy atom. The fourth-order valence-corrected chi connectivity index (χ4v) is 5.57. The fourth-order valence-electron chi connectivity index (χ4n) is 5.57. The molecule has 10 atom stereocenters. The van der Waals surface area contributed by atoms with Gasteiger partial charge in [0.1, 0.15) is 30.5 Å². The lowest BCUT2D eigenvalue weighted by atomic mass is 9.83. The molecule has 2 aliphatic heterocycles. The highest BCUT2D eigenvalue weighted by molar-refractivity contribution is 5.43. The molecule has 5 unspecified atom stereocenters. The van der Waals surface area contributed by atoms with Gasteiger partial charge in [0, 0.05) is 6.42 Å². The number of aromatic hydroxyl groups is 2. The molecule has 14 heteroatoms. The number of phenols is 2. The first kappa shape index (κ1) is 35.1. The summed E-state index contributed by atoms with van der Waals surface area (Å²) in [6.07, 6.45) is -9.13.